The van der Waals surface area contributed by atoms with Gasteiger partial charge < -0.3 is 9.80 Å². The lowest BCUT2D eigenvalue weighted by Gasteiger charge is -2.33. The minimum atomic E-state index is -0.197. The van der Waals surface area contributed by atoms with Crippen LogP contribution in [0.4, 0.5) is 15.8 Å². The van der Waals surface area contributed by atoms with E-state index in [4.69, 9.17) is 11.6 Å². The molecule has 0 spiro atoms. The topological polar surface area (TPSA) is 6.48 Å². The first kappa shape index (κ1) is 15.7. The van der Waals surface area contributed by atoms with Crippen LogP contribution in [0.1, 0.15) is 6.42 Å². The van der Waals surface area contributed by atoms with Crippen molar-refractivity contribution in [3.05, 3.63) is 47.2 Å². The van der Waals surface area contributed by atoms with Gasteiger partial charge in [-0.05, 0) is 63.5 Å². The Morgan fingerprint density at radius 2 is 1.91 bits per heavy atom. The molecule has 0 unspecified atom stereocenters. The van der Waals surface area contributed by atoms with Crippen LogP contribution >= 0.6 is 23.4 Å². The van der Waals surface area contributed by atoms with Crippen molar-refractivity contribution in [2.24, 2.45) is 0 Å². The van der Waals surface area contributed by atoms with Gasteiger partial charge >= 0.3 is 0 Å². The van der Waals surface area contributed by atoms with Gasteiger partial charge in [0.1, 0.15) is 5.82 Å². The monoisotopic (exact) mass is 336 g/mol. The molecule has 22 heavy (non-hydrogen) atoms. The molecule has 0 saturated heterocycles. The molecule has 0 aliphatic carbocycles. The third-order valence-electron chi connectivity index (χ3n) is 3.63. The third kappa shape index (κ3) is 3.24. The highest BCUT2D eigenvalue weighted by Crippen LogP contribution is 2.48. The Kier molecular flexibility index (Phi) is 4.62. The first-order valence-corrected chi connectivity index (χ1v) is 8.43. The Morgan fingerprint density at radius 3 is 2.68 bits per heavy atom. The third-order valence-corrected chi connectivity index (χ3v) is 4.98. The SMILES string of the molecule is CN(C)CCCN1c2ccc(F)cc2Sc2ccc(Cl)cc21. The van der Waals surface area contributed by atoms with Crippen LogP contribution in [0.3, 0.4) is 0 Å². The Bertz CT molecular complexity index is 690. The van der Waals surface area contributed by atoms with Gasteiger partial charge in [0.25, 0.3) is 0 Å². The van der Waals surface area contributed by atoms with E-state index in [1.54, 1.807) is 17.8 Å². The summed E-state index contributed by atoms with van der Waals surface area (Å²) in [6, 6.07) is 10.9. The second-order valence-corrected chi connectivity index (χ2v) is 7.15. The lowest BCUT2D eigenvalue weighted by molar-refractivity contribution is 0.402. The molecule has 1 aliphatic rings. The van der Waals surface area contributed by atoms with E-state index >= 15 is 0 Å². The molecule has 0 fully saturated rings. The highest BCUT2D eigenvalue weighted by molar-refractivity contribution is 7.99. The molecule has 5 heteroatoms. The molecule has 0 amide bonds. The van der Waals surface area contributed by atoms with Crippen LogP contribution in [-0.2, 0) is 0 Å². The molecule has 3 rings (SSSR count). The molecule has 116 valence electrons. The summed E-state index contributed by atoms with van der Waals surface area (Å²) in [5.41, 5.74) is 2.16. The van der Waals surface area contributed by atoms with Crippen molar-refractivity contribution in [1.82, 2.24) is 4.90 Å². The van der Waals surface area contributed by atoms with Gasteiger partial charge in [-0.2, -0.15) is 0 Å². The maximum Gasteiger partial charge on any atom is 0.124 e. The fraction of sp³-hybridized carbons (Fsp3) is 0.294. The summed E-state index contributed by atoms with van der Waals surface area (Å²) in [4.78, 5) is 6.49. The molecular formula is C17H18ClFN2S. The van der Waals surface area contributed by atoms with Crippen molar-refractivity contribution in [2.45, 2.75) is 16.2 Å². The molecular weight excluding hydrogens is 319 g/mol. The van der Waals surface area contributed by atoms with Gasteiger partial charge in [0.05, 0.1) is 11.4 Å². The highest BCUT2D eigenvalue weighted by Gasteiger charge is 2.23. The number of nitrogens with zero attached hydrogens (tertiary/aromatic N) is 2. The second-order valence-electron chi connectivity index (χ2n) is 5.63. The second kappa shape index (κ2) is 6.49. The van der Waals surface area contributed by atoms with E-state index in [-0.39, 0.29) is 5.82 Å². The summed E-state index contributed by atoms with van der Waals surface area (Å²) >= 11 is 7.77. The van der Waals surface area contributed by atoms with E-state index in [9.17, 15) is 4.39 Å². The molecule has 1 heterocycles. The summed E-state index contributed by atoms with van der Waals surface area (Å²) in [7, 11) is 4.14. The molecule has 0 bridgehead atoms. The van der Waals surface area contributed by atoms with E-state index in [0.717, 1.165) is 45.7 Å². The summed E-state index contributed by atoms with van der Waals surface area (Å²) in [5.74, 6) is -0.197. The zero-order chi connectivity index (χ0) is 15.7. The van der Waals surface area contributed by atoms with Gasteiger partial charge in [0, 0.05) is 21.4 Å². The van der Waals surface area contributed by atoms with Crippen molar-refractivity contribution < 1.29 is 4.39 Å². The Morgan fingerprint density at radius 1 is 1.09 bits per heavy atom. The number of halogens is 2. The molecule has 0 atom stereocenters. The normalized spacial score (nSPS) is 13.2. The molecule has 2 aromatic rings. The molecule has 0 saturated carbocycles. The standard InChI is InChI=1S/C17H18ClFN2S/c1-20(2)8-3-9-21-14-6-5-13(19)11-17(14)22-16-7-4-12(18)10-15(16)21/h4-7,10-11H,3,8-9H2,1-2H3. The van der Waals surface area contributed by atoms with Crippen LogP contribution in [0.2, 0.25) is 5.02 Å². The van der Waals surface area contributed by atoms with Crippen LogP contribution in [0.5, 0.6) is 0 Å². The number of hydrogen-bond donors (Lipinski definition) is 0. The quantitative estimate of drug-likeness (QED) is 0.772. The van der Waals surface area contributed by atoms with E-state index in [1.165, 1.54) is 6.07 Å². The number of hydrogen-bond acceptors (Lipinski definition) is 3. The molecule has 1 aliphatic heterocycles. The minimum absolute atomic E-state index is 0.197. The molecule has 2 aromatic carbocycles. The average Bonchev–Trinajstić information content (AvgIpc) is 2.46. The summed E-state index contributed by atoms with van der Waals surface area (Å²) in [6.07, 6.45) is 1.03. The first-order valence-electron chi connectivity index (χ1n) is 7.24. The van der Waals surface area contributed by atoms with Gasteiger partial charge in [0.15, 0.2) is 0 Å². The summed E-state index contributed by atoms with van der Waals surface area (Å²) < 4.78 is 13.6. The van der Waals surface area contributed by atoms with E-state index in [2.05, 4.69) is 23.9 Å². The largest absolute Gasteiger partial charge is 0.340 e. The van der Waals surface area contributed by atoms with Crippen LogP contribution in [0.25, 0.3) is 0 Å². The maximum atomic E-state index is 13.6. The highest BCUT2D eigenvalue weighted by atomic mass is 35.5. The van der Waals surface area contributed by atoms with Crippen molar-refractivity contribution >= 4 is 34.7 Å². The molecule has 0 radical (unpaired) electrons. The predicted molar refractivity (Wildman–Crippen MR) is 92.2 cm³/mol. The van der Waals surface area contributed by atoms with Gasteiger partial charge in [-0.1, -0.05) is 23.4 Å². The van der Waals surface area contributed by atoms with E-state index in [1.807, 2.05) is 24.3 Å². The Hall–Kier alpha value is -1.23. The smallest absolute Gasteiger partial charge is 0.124 e. The zero-order valence-electron chi connectivity index (χ0n) is 12.6. The van der Waals surface area contributed by atoms with E-state index < -0.39 is 0 Å². The number of anilines is 2. The Balaban J connectivity index is 1.97. The first-order chi connectivity index (χ1) is 10.5. The van der Waals surface area contributed by atoms with Crippen molar-refractivity contribution in [3.8, 4) is 0 Å². The van der Waals surface area contributed by atoms with Crippen LogP contribution in [0.15, 0.2) is 46.2 Å². The van der Waals surface area contributed by atoms with Gasteiger partial charge in [-0.3, -0.25) is 0 Å². The van der Waals surface area contributed by atoms with Crippen molar-refractivity contribution in [2.75, 3.05) is 32.1 Å². The molecule has 2 nitrogen and oxygen atoms in total. The van der Waals surface area contributed by atoms with Gasteiger partial charge in [-0.25, -0.2) is 4.39 Å². The lowest BCUT2D eigenvalue weighted by atomic mass is 10.2. The van der Waals surface area contributed by atoms with Gasteiger partial charge in [-0.15, -0.1) is 0 Å². The maximum absolute atomic E-state index is 13.6. The van der Waals surface area contributed by atoms with Crippen LogP contribution in [-0.4, -0.2) is 32.1 Å². The van der Waals surface area contributed by atoms with Crippen molar-refractivity contribution in [1.29, 1.82) is 0 Å². The fourth-order valence-corrected chi connectivity index (χ4v) is 3.88. The van der Waals surface area contributed by atoms with Crippen LogP contribution in [0, 0.1) is 5.82 Å². The number of benzene rings is 2. The van der Waals surface area contributed by atoms with Crippen molar-refractivity contribution in [3.63, 3.8) is 0 Å². The van der Waals surface area contributed by atoms with Gasteiger partial charge in [0.2, 0.25) is 0 Å². The predicted octanol–water partition coefficient (Wildman–Crippen LogP) is 5.03. The summed E-state index contributed by atoms with van der Waals surface area (Å²) in [5, 5.41) is 0.725. The molecule has 0 aromatic heterocycles. The number of rotatable bonds is 4. The minimum Gasteiger partial charge on any atom is -0.340 e. The lowest BCUT2D eigenvalue weighted by Crippen LogP contribution is -2.25. The van der Waals surface area contributed by atoms with E-state index in [0.29, 0.717) is 0 Å². The zero-order valence-corrected chi connectivity index (χ0v) is 14.2. The van der Waals surface area contributed by atoms with Crippen LogP contribution < -0.4 is 4.90 Å². The summed E-state index contributed by atoms with van der Waals surface area (Å²) in [6.45, 7) is 1.89. The Labute approximate surface area is 139 Å². The molecule has 0 N–H and O–H groups in total. The number of fused-ring (bicyclic) bond motifs is 2. The fourth-order valence-electron chi connectivity index (χ4n) is 2.61. The average molecular weight is 337 g/mol.